The van der Waals surface area contributed by atoms with E-state index in [9.17, 15) is 26.4 Å². The van der Waals surface area contributed by atoms with Crippen molar-refractivity contribution in [1.29, 1.82) is 0 Å². The maximum Gasteiger partial charge on any atom is 0.416 e. The molecule has 0 atom stereocenters. The molecule has 0 radical (unpaired) electrons. The summed E-state index contributed by atoms with van der Waals surface area (Å²) in [5, 5.41) is 2.53. The van der Waals surface area contributed by atoms with Crippen molar-refractivity contribution in [2.45, 2.75) is 32.4 Å². The molecule has 1 fully saturated rings. The largest absolute Gasteiger partial charge is 0.416 e. The minimum absolute atomic E-state index is 0.0185. The lowest BCUT2D eigenvalue weighted by atomic mass is 10.1. The van der Waals surface area contributed by atoms with Gasteiger partial charge in [-0.05, 0) is 56.0 Å². The topological polar surface area (TPSA) is 69.7 Å². The van der Waals surface area contributed by atoms with Crippen LogP contribution in [-0.2, 0) is 21.0 Å². The van der Waals surface area contributed by atoms with Gasteiger partial charge in [0.1, 0.15) is 6.54 Å². The average Bonchev–Trinajstić information content (AvgIpc) is 2.72. The maximum atomic E-state index is 13.3. The van der Waals surface area contributed by atoms with Gasteiger partial charge in [-0.15, -0.1) is 0 Å². The first-order valence-electron chi connectivity index (χ1n) is 10.3. The molecule has 0 saturated carbocycles. The first-order chi connectivity index (χ1) is 15.0. The molecular weight excluding hydrogens is 443 g/mol. The van der Waals surface area contributed by atoms with Crippen LogP contribution in [-0.4, -0.2) is 40.2 Å². The van der Waals surface area contributed by atoms with Gasteiger partial charge in [0.2, 0.25) is 15.9 Å². The molecule has 2 aromatic rings. The lowest BCUT2D eigenvalue weighted by Crippen LogP contribution is -2.38. The van der Waals surface area contributed by atoms with Crippen molar-refractivity contribution in [3.8, 4) is 0 Å². The van der Waals surface area contributed by atoms with E-state index in [4.69, 9.17) is 0 Å². The van der Waals surface area contributed by atoms with Gasteiger partial charge in [0, 0.05) is 13.1 Å². The minimum atomic E-state index is -4.57. The Hall–Kier alpha value is -2.75. The number of carbonyl (C=O) groups excluding carboxylic acids is 1. The van der Waals surface area contributed by atoms with Crippen LogP contribution in [0.3, 0.4) is 0 Å². The second-order valence-electron chi connectivity index (χ2n) is 7.88. The quantitative estimate of drug-likeness (QED) is 0.681. The van der Waals surface area contributed by atoms with Crippen LogP contribution in [0.25, 0.3) is 0 Å². The number of halogens is 3. The molecule has 1 amide bonds. The molecule has 1 N–H and O–H groups in total. The molecule has 0 bridgehead atoms. The van der Waals surface area contributed by atoms with E-state index in [1.807, 2.05) is 4.90 Å². The third-order valence-corrected chi connectivity index (χ3v) is 6.49. The van der Waals surface area contributed by atoms with Gasteiger partial charge in [-0.2, -0.15) is 13.2 Å². The number of carbonyl (C=O) groups is 1. The molecule has 2 aromatic carbocycles. The smallest absolute Gasteiger partial charge is 0.370 e. The standard InChI is InChI=1S/C22H26F3N3O3S/c1-16-8-4-5-9-19(16)28(32(2,30)31)15-21(29)26-18-14-17(22(23,24)25)10-11-20(18)27-12-6-3-7-13-27/h4-5,8-11,14H,3,6-7,12-13,15H2,1-2H3,(H,26,29). The van der Waals surface area contributed by atoms with Crippen molar-refractivity contribution in [3.63, 3.8) is 0 Å². The van der Waals surface area contributed by atoms with E-state index in [1.165, 1.54) is 6.07 Å². The summed E-state index contributed by atoms with van der Waals surface area (Å²) in [5.41, 5.74) is 0.620. The molecule has 1 heterocycles. The summed E-state index contributed by atoms with van der Waals surface area (Å²) in [5.74, 6) is -0.726. The van der Waals surface area contributed by atoms with Crippen molar-refractivity contribution >= 4 is 33.0 Å². The highest BCUT2D eigenvalue weighted by Crippen LogP contribution is 2.36. The van der Waals surface area contributed by atoms with Crippen LogP contribution in [0.1, 0.15) is 30.4 Å². The van der Waals surface area contributed by atoms with Gasteiger partial charge in [0.15, 0.2) is 0 Å². The Morgan fingerprint density at radius 1 is 1.09 bits per heavy atom. The van der Waals surface area contributed by atoms with E-state index in [0.717, 1.165) is 42.0 Å². The number of piperidine rings is 1. The SMILES string of the molecule is Cc1ccccc1N(CC(=O)Nc1cc(C(F)(F)F)ccc1N1CCCCC1)S(C)(=O)=O. The zero-order chi connectivity index (χ0) is 23.5. The Morgan fingerprint density at radius 2 is 1.75 bits per heavy atom. The molecule has 32 heavy (non-hydrogen) atoms. The van der Waals surface area contributed by atoms with Crippen LogP contribution < -0.4 is 14.5 Å². The van der Waals surface area contributed by atoms with E-state index >= 15 is 0 Å². The highest BCUT2D eigenvalue weighted by Gasteiger charge is 2.32. The van der Waals surface area contributed by atoms with Gasteiger partial charge in [0.05, 0.1) is 28.9 Å². The number of alkyl halides is 3. The van der Waals surface area contributed by atoms with Crippen LogP contribution >= 0.6 is 0 Å². The average molecular weight is 470 g/mol. The number of hydrogen-bond donors (Lipinski definition) is 1. The predicted molar refractivity (Wildman–Crippen MR) is 120 cm³/mol. The van der Waals surface area contributed by atoms with Gasteiger partial charge in [-0.25, -0.2) is 8.42 Å². The molecule has 1 aliphatic rings. The van der Waals surface area contributed by atoms with Gasteiger partial charge in [0.25, 0.3) is 0 Å². The molecule has 0 aromatic heterocycles. The van der Waals surface area contributed by atoms with Crippen molar-refractivity contribution < 1.29 is 26.4 Å². The Morgan fingerprint density at radius 3 is 2.34 bits per heavy atom. The number of anilines is 3. The van der Waals surface area contributed by atoms with E-state index in [0.29, 0.717) is 30.0 Å². The summed E-state index contributed by atoms with van der Waals surface area (Å²) in [6.07, 6.45) is -0.734. The number of hydrogen-bond acceptors (Lipinski definition) is 4. The van der Waals surface area contributed by atoms with E-state index < -0.39 is 34.2 Å². The van der Waals surface area contributed by atoms with Crippen LogP contribution in [0.5, 0.6) is 0 Å². The maximum absolute atomic E-state index is 13.3. The van der Waals surface area contributed by atoms with Crippen LogP contribution in [0, 0.1) is 6.92 Å². The summed E-state index contributed by atoms with van der Waals surface area (Å²) in [4.78, 5) is 14.8. The minimum Gasteiger partial charge on any atom is -0.370 e. The Bertz CT molecular complexity index is 1080. The number of benzene rings is 2. The van der Waals surface area contributed by atoms with Crippen LogP contribution in [0.15, 0.2) is 42.5 Å². The molecule has 0 spiro atoms. The van der Waals surface area contributed by atoms with Gasteiger partial charge in [-0.3, -0.25) is 9.10 Å². The summed E-state index contributed by atoms with van der Waals surface area (Å²) < 4.78 is 65.6. The van der Waals surface area contributed by atoms with Crippen molar-refractivity contribution in [2.24, 2.45) is 0 Å². The number of nitrogens with one attached hydrogen (secondary N) is 1. The summed E-state index contributed by atoms with van der Waals surface area (Å²) in [7, 11) is -3.81. The molecule has 0 aliphatic carbocycles. The number of nitrogens with zero attached hydrogens (tertiary/aromatic N) is 2. The molecule has 174 valence electrons. The first-order valence-corrected chi connectivity index (χ1v) is 12.1. The van der Waals surface area contributed by atoms with E-state index in [-0.39, 0.29) is 5.69 Å². The lowest BCUT2D eigenvalue weighted by molar-refractivity contribution is -0.137. The Balaban J connectivity index is 1.91. The summed E-state index contributed by atoms with van der Waals surface area (Å²) in [6.45, 7) is 2.51. The fourth-order valence-corrected chi connectivity index (χ4v) is 4.68. The summed E-state index contributed by atoms with van der Waals surface area (Å²) >= 11 is 0. The monoisotopic (exact) mass is 469 g/mol. The zero-order valence-corrected chi connectivity index (χ0v) is 18.8. The number of para-hydroxylation sites is 1. The molecule has 10 heteroatoms. The number of aryl methyl sites for hydroxylation is 1. The number of sulfonamides is 1. The van der Waals surface area contributed by atoms with E-state index in [2.05, 4.69) is 5.32 Å². The Kier molecular flexibility index (Phi) is 7.02. The highest BCUT2D eigenvalue weighted by atomic mass is 32.2. The van der Waals surface area contributed by atoms with Crippen LogP contribution in [0.4, 0.5) is 30.2 Å². The molecule has 3 rings (SSSR count). The van der Waals surface area contributed by atoms with Gasteiger partial charge >= 0.3 is 6.18 Å². The molecular formula is C22H26F3N3O3S. The normalized spacial score (nSPS) is 14.8. The molecule has 0 unspecified atom stereocenters. The fraction of sp³-hybridized carbons (Fsp3) is 0.409. The summed E-state index contributed by atoms with van der Waals surface area (Å²) in [6, 6.07) is 9.95. The third-order valence-electron chi connectivity index (χ3n) is 5.37. The van der Waals surface area contributed by atoms with Crippen molar-refractivity contribution in [2.75, 3.05) is 40.4 Å². The zero-order valence-electron chi connectivity index (χ0n) is 17.9. The lowest BCUT2D eigenvalue weighted by Gasteiger charge is -2.31. The van der Waals surface area contributed by atoms with Crippen molar-refractivity contribution in [1.82, 2.24) is 0 Å². The van der Waals surface area contributed by atoms with Crippen LogP contribution in [0.2, 0.25) is 0 Å². The molecule has 1 aliphatic heterocycles. The molecule has 6 nitrogen and oxygen atoms in total. The number of rotatable bonds is 6. The fourth-order valence-electron chi connectivity index (χ4n) is 3.77. The third kappa shape index (κ3) is 5.73. The second kappa shape index (κ2) is 9.40. The highest BCUT2D eigenvalue weighted by molar-refractivity contribution is 7.92. The van der Waals surface area contributed by atoms with Gasteiger partial charge < -0.3 is 10.2 Å². The number of amides is 1. The van der Waals surface area contributed by atoms with Crippen molar-refractivity contribution in [3.05, 3.63) is 53.6 Å². The van der Waals surface area contributed by atoms with Gasteiger partial charge in [-0.1, -0.05) is 18.2 Å². The Labute approximate surface area is 186 Å². The second-order valence-corrected chi connectivity index (χ2v) is 9.79. The predicted octanol–water partition coefficient (Wildman–Crippen LogP) is 4.41. The first kappa shape index (κ1) is 23.9. The molecule has 1 saturated heterocycles. The van der Waals surface area contributed by atoms with E-state index in [1.54, 1.807) is 31.2 Å².